The molecule has 0 bridgehead atoms. The maximum absolute atomic E-state index is 5.84. The van der Waals surface area contributed by atoms with Gasteiger partial charge in [-0.2, -0.15) is 0 Å². The third kappa shape index (κ3) is 3.03. The summed E-state index contributed by atoms with van der Waals surface area (Å²) in [6, 6.07) is 6.95. The van der Waals surface area contributed by atoms with E-state index in [1.165, 1.54) is 24.0 Å². The van der Waals surface area contributed by atoms with E-state index in [2.05, 4.69) is 23.5 Å². The highest BCUT2D eigenvalue weighted by molar-refractivity contribution is 5.39. The van der Waals surface area contributed by atoms with Gasteiger partial charge in [0.2, 0.25) is 0 Å². The highest BCUT2D eigenvalue weighted by Crippen LogP contribution is 2.32. The van der Waals surface area contributed by atoms with E-state index in [-0.39, 0.29) is 6.10 Å². The molecule has 0 fully saturated rings. The number of rotatable bonds is 5. The molecule has 1 N–H and O–H groups in total. The average molecular weight is 249 g/mol. The second kappa shape index (κ2) is 6.21. The molecule has 2 atom stereocenters. The summed E-state index contributed by atoms with van der Waals surface area (Å²) in [4.78, 5) is 0. The molecule has 1 aromatic carbocycles. The first-order valence-corrected chi connectivity index (χ1v) is 6.70. The number of aryl methyl sites for hydroxylation is 1. The predicted molar refractivity (Wildman–Crippen MR) is 73.1 cm³/mol. The monoisotopic (exact) mass is 249 g/mol. The number of ether oxygens (including phenoxy) is 2. The summed E-state index contributed by atoms with van der Waals surface area (Å²) in [7, 11) is 3.73. The van der Waals surface area contributed by atoms with Crippen molar-refractivity contribution in [2.75, 3.05) is 20.8 Å². The summed E-state index contributed by atoms with van der Waals surface area (Å²) in [6.07, 6.45) is 3.72. The first kappa shape index (κ1) is 13.4. The molecule has 1 aliphatic rings. The minimum Gasteiger partial charge on any atom is -0.488 e. The molecular formula is C15H23NO2. The Morgan fingerprint density at radius 3 is 3.00 bits per heavy atom. The quantitative estimate of drug-likeness (QED) is 0.870. The van der Waals surface area contributed by atoms with E-state index in [9.17, 15) is 0 Å². The zero-order chi connectivity index (χ0) is 13.0. The Kier molecular flexibility index (Phi) is 4.61. The molecule has 0 spiro atoms. The zero-order valence-electron chi connectivity index (χ0n) is 11.5. The van der Waals surface area contributed by atoms with Gasteiger partial charge in [0.05, 0.1) is 6.61 Å². The number of hydrogen-bond donors (Lipinski definition) is 1. The largest absolute Gasteiger partial charge is 0.488 e. The normalized spacial score (nSPS) is 20.3. The number of benzene rings is 1. The molecular weight excluding hydrogens is 226 g/mol. The lowest BCUT2D eigenvalue weighted by Crippen LogP contribution is -2.22. The summed E-state index contributed by atoms with van der Waals surface area (Å²) in [6.45, 7) is 2.65. The third-order valence-electron chi connectivity index (χ3n) is 3.52. The van der Waals surface area contributed by atoms with Gasteiger partial charge in [0.1, 0.15) is 11.9 Å². The van der Waals surface area contributed by atoms with Gasteiger partial charge in [0, 0.05) is 13.2 Å². The number of methoxy groups -OCH3 is 1. The molecule has 3 nitrogen and oxygen atoms in total. The molecule has 0 amide bonds. The predicted octanol–water partition coefficient (Wildman–Crippen LogP) is 2.70. The summed E-state index contributed by atoms with van der Waals surface area (Å²) in [5.74, 6) is 0.954. The molecule has 0 saturated carbocycles. The maximum atomic E-state index is 5.84. The van der Waals surface area contributed by atoms with Gasteiger partial charge in [0.15, 0.2) is 0 Å². The van der Waals surface area contributed by atoms with Crippen molar-refractivity contribution in [3.8, 4) is 5.75 Å². The van der Waals surface area contributed by atoms with Crippen molar-refractivity contribution in [3.05, 3.63) is 29.3 Å². The van der Waals surface area contributed by atoms with E-state index in [1.54, 1.807) is 7.11 Å². The average Bonchev–Trinajstić information content (AvgIpc) is 2.38. The molecule has 0 aliphatic heterocycles. The molecule has 3 heteroatoms. The lowest BCUT2D eigenvalue weighted by atomic mass is 9.87. The van der Waals surface area contributed by atoms with E-state index in [0.29, 0.717) is 12.6 Å². The van der Waals surface area contributed by atoms with Crippen LogP contribution in [0.25, 0.3) is 0 Å². The molecule has 2 unspecified atom stereocenters. The second-order valence-corrected chi connectivity index (χ2v) is 4.98. The van der Waals surface area contributed by atoms with E-state index in [1.807, 2.05) is 14.0 Å². The first-order valence-electron chi connectivity index (χ1n) is 6.70. The third-order valence-corrected chi connectivity index (χ3v) is 3.52. The van der Waals surface area contributed by atoms with Gasteiger partial charge in [-0.15, -0.1) is 0 Å². The maximum Gasteiger partial charge on any atom is 0.120 e. The van der Waals surface area contributed by atoms with Crippen LogP contribution < -0.4 is 10.1 Å². The van der Waals surface area contributed by atoms with Crippen LogP contribution in [0.5, 0.6) is 5.75 Å². The molecule has 100 valence electrons. The Balaban J connectivity index is 2.11. The second-order valence-electron chi connectivity index (χ2n) is 4.98. The molecule has 0 saturated heterocycles. The first-order chi connectivity index (χ1) is 8.74. The molecule has 18 heavy (non-hydrogen) atoms. The summed E-state index contributed by atoms with van der Waals surface area (Å²) < 4.78 is 10.9. The SMILES string of the molecule is CNC1CCCc2cc(OC(C)COC)ccc21. The van der Waals surface area contributed by atoms with Crippen LogP contribution in [-0.2, 0) is 11.2 Å². The van der Waals surface area contributed by atoms with Crippen molar-refractivity contribution in [2.24, 2.45) is 0 Å². The van der Waals surface area contributed by atoms with Gasteiger partial charge in [-0.3, -0.25) is 0 Å². The molecule has 0 heterocycles. The Hall–Kier alpha value is -1.06. The van der Waals surface area contributed by atoms with E-state index in [4.69, 9.17) is 9.47 Å². The van der Waals surface area contributed by atoms with Crippen LogP contribution in [0.1, 0.15) is 36.9 Å². The van der Waals surface area contributed by atoms with Crippen LogP contribution in [-0.4, -0.2) is 26.9 Å². The van der Waals surface area contributed by atoms with Crippen molar-refractivity contribution in [1.29, 1.82) is 0 Å². The lowest BCUT2D eigenvalue weighted by molar-refractivity contribution is 0.0920. The molecule has 2 rings (SSSR count). The smallest absolute Gasteiger partial charge is 0.120 e. The van der Waals surface area contributed by atoms with Gasteiger partial charge in [-0.05, 0) is 56.5 Å². The number of nitrogens with one attached hydrogen (secondary N) is 1. The van der Waals surface area contributed by atoms with Crippen LogP contribution >= 0.6 is 0 Å². The van der Waals surface area contributed by atoms with Gasteiger partial charge in [-0.1, -0.05) is 6.07 Å². The minimum atomic E-state index is 0.0942. The van der Waals surface area contributed by atoms with Gasteiger partial charge < -0.3 is 14.8 Å². The minimum absolute atomic E-state index is 0.0942. The molecule has 0 radical (unpaired) electrons. The Bertz CT molecular complexity index is 392. The molecule has 1 aliphatic carbocycles. The van der Waals surface area contributed by atoms with E-state index in [0.717, 1.165) is 12.2 Å². The molecule has 0 aromatic heterocycles. The summed E-state index contributed by atoms with van der Waals surface area (Å²) >= 11 is 0. The van der Waals surface area contributed by atoms with E-state index >= 15 is 0 Å². The van der Waals surface area contributed by atoms with Crippen LogP contribution in [0.3, 0.4) is 0 Å². The summed E-state index contributed by atoms with van der Waals surface area (Å²) in [5.41, 5.74) is 2.85. The lowest BCUT2D eigenvalue weighted by Gasteiger charge is -2.26. The number of hydrogen-bond acceptors (Lipinski definition) is 3. The van der Waals surface area contributed by atoms with Crippen LogP contribution in [0.2, 0.25) is 0 Å². The van der Waals surface area contributed by atoms with Crippen molar-refractivity contribution in [2.45, 2.75) is 38.3 Å². The highest BCUT2D eigenvalue weighted by atomic mass is 16.5. The fraction of sp³-hybridized carbons (Fsp3) is 0.600. The number of fused-ring (bicyclic) bond motifs is 1. The fourth-order valence-electron chi connectivity index (χ4n) is 2.66. The van der Waals surface area contributed by atoms with Crippen molar-refractivity contribution < 1.29 is 9.47 Å². The Morgan fingerprint density at radius 2 is 2.28 bits per heavy atom. The summed E-state index contributed by atoms with van der Waals surface area (Å²) in [5, 5.41) is 3.38. The van der Waals surface area contributed by atoms with Crippen LogP contribution in [0, 0.1) is 0 Å². The van der Waals surface area contributed by atoms with Crippen molar-refractivity contribution in [1.82, 2.24) is 5.32 Å². The van der Waals surface area contributed by atoms with Crippen LogP contribution in [0.4, 0.5) is 0 Å². The zero-order valence-corrected chi connectivity index (χ0v) is 11.5. The standard InChI is InChI=1S/C15H23NO2/c1-11(10-17-3)18-13-7-8-14-12(9-13)5-4-6-15(14)16-2/h7-9,11,15-16H,4-6,10H2,1-3H3. The van der Waals surface area contributed by atoms with Crippen molar-refractivity contribution in [3.63, 3.8) is 0 Å². The van der Waals surface area contributed by atoms with Crippen molar-refractivity contribution >= 4 is 0 Å². The molecule has 1 aromatic rings. The van der Waals surface area contributed by atoms with Gasteiger partial charge in [-0.25, -0.2) is 0 Å². The van der Waals surface area contributed by atoms with Gasteiger partial charge >= 0.3 is 0 Å². The fourth-order valence-corrected chi connectivity index (χ4v) is 2.66. The Morgan fingerprint density at radius 1 is 1.44 bits per heavy atom. The van der Waals surface area contributed by atoms with Crippen LogP contribution in [0.15, 0.2) is 18.2 Å². The topological polar surface area (TPSA) is 30.5 Å². The van der Waals surface area contributed by atoms with Gasteiger partial charge in [0.25, 0.3) is 0 Å². The Labute approximate surface area is 109 Å². The highest BCUT2D eigenvalue weighted by Gasteiger charge is 2.19. The van der Waals surface area contributed by atoms with E-state index < -0.39 is 0 Å².